The topological polar surface area (TPSA) is 80.5 Å². The van der Waals surface area contributed by atoms with Gasteiger partial charge in [-0.3, -0.25) is 10.1 Å². The lowest BCUT2D eigenvalue weighted by Crippen LogP contribution is -2.35. The molecule has 1 aromatic rings. The summed E-state index contributed by atoms with van der Waals surface area (Å²) in [6.45, 7) is 4.30. The Morgan fingerprint density at radius 1 is 1.15 bits per heavy atom. The van der Waals surface area contributed by atoms with Gasteiger partial charge in [0, 0.05) is 24.7 Å². The van der Waals surface area contributed by atoms with Crippen molar-refractivity contribution in [3.63, 3.8) is 0 Å². The third-order valence-corrected chi connectivity index (χ3v) is 5.64. The first-order chi connectivity index (χ1) is 9.34. The van der Waals surface area contributed by atoms with E-state index in [1.807, 2.05) is 0 Å². The first-order valence-electron chi connectivity index (χ1n) is 6.60. The third kappa shape index (κ3) is 2.69. The molecular weight excluding hydrogens is 280 g/mol. The van der Waals surface area contributed by atoms with Crippen LogP contribution in [-0.4, -0.2) is 30.7 Å². The van der Waals surface area contributed by atoms with Crippen molar-refractivity contribution in [1.82, 2.24) is 4.31 Å². The molecule has 1 saturated heterocycles. The van der Waals surface area contributed by atoms with Crippen LogP contribution in [0.15, 0.2) is 17.0 Å². The normalized spacial score (nSPS) is 17.1. The van der Waals surface area contributed by atoms with Gasteiger partial charge in [0.25, 0.3) is 5.69 Å². The van der Waals surface area contributed by atoms with E-state index in [4.69, 9.17) is 0 Å². The van der Waals surface area contributed by atoms with Crippen LogP contribution < -0.4 is 0 Å². The highest BCUT2D eigenvalue weighted by Gasteiger charge is 2.28. The molecule has 0 unspecified atom stereocenters. The van der Waals surface area contributed by atoms with Crippen molar-refractivity contribution in [3.05, 3.63) is 33.4 Å². The molecule has 1 fully saturated rings. The van der Waals surface area contributed by atoms with Crippen LogP contribution in [0.3, 0.4) is 0 Å². The lowest BCUT2D eigenvalue weighted by molar-refractivity contribution is -0.385. The number of aryl methyl sites for hydroxylation is 1. The molecule has 0 spiro atoms. The van der Waals surface area contributed by atoms with Crippen LogP contribution in [0.2, 0.25) is 0 Å². The summed E-state index contributed by atoms with van der Waals surface area (Å²) in [6.07, 6.45) is 2.71. The molecule has 0 saturated carbocycles. The van der Waals surface area contributed by atoms with Crippen LogP contribution in [-0.2, 0) is 10.0 Å². The van der Waals surface area contributed by atoms with Crippen LogP contribution in [0.25, 0.3) is 0 Å². The molecule has 110 valence electrons. The summed E-state index contributed by atoms with van der Waals surface area (Å²) in [4.78, 5) is 10.5. The average Bonchev–Trinajstić information content (AvgIpc) is 2.42. The third-order valence-electron chi connectivity index (χ3n) is 3.76. The molecular formula is C13H18N2O4S. The summed E-state index contributed by atoms with van der Waals surface area (Å²) >= 11 is 0. The fourth-order valence-electron chi connectivity index (χ4n) is 2.40. The second-order valence-corrected chi connectivity index (χ2v) is 7.04. The Labute approximate surface area is 118 Å². The Morgan fingerprint density at radius 2 is 1.75 bits per heavy atom. The summed E-state index contributed by atoms with van der Waals surface area (Å²) in [5, 5.41) is 11.0. The second kappa shape index (κ2) is 5.49. The van der Waals surface area contributed by atoms with E-state index in [2.05, 4.69) is 0 Å². The molecule has 0 atom stereocenters. The Hall–Kier alpha value is -1.47. The Balaban J connectivity index is 2.49. The molecule has 0 radical (unpaired) electrons. The number of rotatable bonds is 3. The van der Waals surface area contributed by atoms with Crippen LogP contribution in [0.1, 0.15) is 30.4 Å². The standard InChI is InChI=1S/C13H18N2O4S/c1-10-8-12(9-13(11(10)2)15(16)17)20(18,19)14-6-4-3-5-7-14/h8-9H,3-7H2,1-2H3. The van der Waals surface area contributed by atoms with Gasteiger partial charge < -0.3 is 0 Å². The second-order valence-electron chi connectivity index (χ2n) is 5.11. The van der Waals surface area contributed by atoms with Gasteiger partial charge in [-0.1, -0.05) is 6.42 Å². The molecule has 1 heterocycles. The lowest BCUT2D eigenvalue weighted by atomic mass is 10.1. The molecule has 6 nitrogen and oxygen atoms in total. The van der Waals surface area contributed by atoms with Crippen molar-refractivity contribution < 1.29 is 13.3 Å². The molecule has 0 N–H and O–H groups in total. The number of nitro groups is 1. The molecule has 1 aliphatic heterocycles. The minimum atomic E-state index is -3.63. The minimum Gasteiger partial charge on any atom is -0.258 e. The van der Waals surface area contributed by atoms with Gasteiger partial charge in [0.15, 0.2) is 0 Å². The van der Waals surface area contributed by atoms with Crippen LogP contribution in [0, 0.1) is 24.0 Å². The number of hydrogen-bond acceptors (Lipinski definition) is 4. The van der Waals surface area contributed by atoms with E-state index in [-0.39, 0.29) is 10.6 Å². The first-order valence-corrected chi connectivity index (χ1v) is 8.04. The van der Waals surface area contributed by atoms with Gasteiger partial charge in [0.1, 0.15) is 0 Å². The van der Waals surface area contributed by atoms with E-state index in [1.165, 1.54) is 16.4 Å². The monoisotopic (exact) mass is 298 g/mol. The molecule has 0 aromatic heterocycles. The van der Waals surface area contributed by atoms with Gasteiger partial charge in [0.05, 0.1) is 9.82 Å². The van der Waals surface area contributed by atoms with E-state index in [0.29, 0.717) is 24.2 Å². The summed E-state index contributed by atoms with van der Waals surface area (Å²) in [7, 11) is -3.63. The molecule has 1 aromatic carbocycles. The van der Waals surface area contributed by atoms with Gasteiger partial charge in [-0.2, -0.15) is 4.31 Å². The molecule has 7 heteroatoms. The summed E-state index contributed by atoms with van der Waals surface area (Å²) < 4.78 is 26.5. The van der Waals surface area contributed by atoms with Crippen LogP contribution in [0.4, 0.5) is 5.69 Å². The summed E-state index contributed by atoms with van der Waals surface area (Å²) in [6, 6.07) is 2.69. The van der Waals surface area contributed by atoms with E-state index in [1.54, 1.807) is 13.8 Å². The smallest absolute Gasteiger partial charge is 0.258 e. The SMILES string of the molecule is Cc1cc(S(=O)(=O)N2CCCCC2)cc([N+](=O)[O-])c1C. The van der Waals surface area contributed by atoms with E-state index >= 15 is 0 Å². The highest BCUT2D eigenvalue weighted by Crippen LogP contribution is 2.28. The van der Waals surface area contributed by atoms with Crippen molar-refractivity contribution >= 4 is 15.7 Å². The number of piperidine rings is 1. The Bertz CT molecular complexity index is 634. The molecule has 0 aliphatic carbocycles. The quantitative estimate of drug-likeness (QED) is 0.634. The van der Waals surface area contributed by atoms with Gasteiger partial charge in [0.2, 0.25) is 10.0 Å². The van der Waals surface area contributed by atoms with Crippen molar-refractivity contribution in [1.29, 1.82) is 0 Å². The predicted octanol–water partition coefficient (Wildman–Crippen LogP) is 2.39. The Kier molecular flexibility index (Phi) is 4.10. The number of nitro benzene ring substituents is 1. The maximum absolute atomic E-state index is 12.5. The van der Waals surface area contributed by atoms with Gasteiger partial charge in [-0.05, 0) is 38.3 Å². The van der Waals surface area contributed by atoms with Gasteiger partial charge in [-0.15, -0.1) is 0 Å². The molecule has 20 heavy (non-hydrogen) atoms. The minimum absolute atomic E-state index is 0.0224. The van der Waals surface area contributed by atoms with E-state index in [0.717, 1.165) is 19.3 Å². The number of sulfonamides is 1. The van der Waals surface area contributed by atoms with Crippen molar-refractivity contribution in [2.75, 3.05) is 13.1 Å². The maximum Gasteiger partial charge on any atom is 0.273 e. The average molecular weight is 298 g/mol. The summed E-state index contributed by atoms with van der Waals surface area (Å²) in [5.41, 5.74) is 0.989. The zero-order valence-electron chi connectivity index (χ0n) is 11.6. The van der Waals surface area contributed by atoms with Crippen molar-refractivity contribution in [2.24, 2.45) is 0 Å². The van der Waals surface area contributed by atoms with E-state index in [9.17, 15) is 18.5 Å². The molecule has 2 rings (SSSR count). The predicted molar refractivity (Wildman–Crippen MR) is 75.2 cm³/mol. The van der Waals surface area contributed by atoms with Crippen molar-refractivity contribution in [2.45, 2.75) is 38.0 Å². The molecule has 0 bridgehead atoms. The molecule has 0 amide bonds. The molecule has 1 aliphatic rings. The fraction of sp³-hybridized carbons (Fsp3) is 0.538. The first kappa shape index (κ1) is 14.9. The van der Waals surface area contributed by atoms with Crippen LogP contribution >= 0.6 is 0 Å². The number of nitrogens with zero attached hydrogens (tertiary/aromatic N) is 2. The number of benzene rings is 1. The van der Waals surface area contributed by atoms with Gasteiger partial charge in [-0.25, -0.2) is 8.42 Å². The highest BCUT2D eigenvalue weighted by atomic mass is 32.2. The zero-order valence-corrected chi connectivity index (χ0v) is 12.4. The van der Waals surface area contributed by atoms with Gasteiger partial charge >= 0.3 is 0 Å². The fourth-order valence-corrected chi connectivity index (χ4v) is 4.02. The lowest BCUT2D eigenvalue weighted by Gasteiger charge is -2.26. The largest absolute Gasteiger partial charge is 0.273 e. The van der Waals surface area contributed by atoms with Crippen LogP contribution in [0.5, 0.6) is 0 Å². The highest BCUT2D eigenvalue weighted by molar-refractivity contribution is 7.89. The number of hydrogen-bond donors (Lipinski definition) is 0. The zero-order chi connectivity index (χ0) is 14.9. The summed E-state index contributed by atoms with van der Waals surface area (Å²) in [5.74, 6) is 0. The van der Waals surface area contributed by atoms with Crippen molar-refractivity contribution in [3.8, 4) is 0 Å². The maximum atomic E-state index is 12.5. The van der Waals surface area contributed by atoms with E-state index < -0.39 is 14.9 Å². The Morgan fingerprint density at radius 3 is 2.30 bits per heavy atom.